The average molecular weight is 388 g/mol. The van der Waals surface area contributed by atoms with E-state index in [0.717, 1.165) is 52.9 Å². The topological polar surface area (TPSA) is 54.0 Å². The molecule has 0 atom stereocenters. The van der Waals surface area contributed by atoms with Gasteiger partial charge >= 0.3 is 0 Å². The Bertz CT molecular complexity index is 709. The fourth-order valence-electron chi connectivity index (χ4n) is 3.06. The summed E-state index contributed by atoms with van der Waals surface area (Å²) in [5, 5.41) is 6.28. The maximum atomic E-state index is 12.3. The van der Waals surface area contributed by atoms with Gasteiger partial charge in [-0.3, -0.25) is 4.79 Å². The molecule has 4 nitrogen and oxygen atoms in total. The number of nitrogens with one attached hydrogen (secondary N) is 2. The molecule has 1 fully saturated rings. The zero-order valence-corrected chi connectivity index (χ0v) is 15.4. The Morgan fingerprint density at radius 3 is 2.62 bits per heavy atom. The molecule has 1 aromatic heterocycles. The van der Waals surface area contributed by atoms with Crippen LogP contribution < -0.4 is 10.6 Å². The molecule has 0 aliphatic heterocycles. The Morgan fingerprint density at radius 2 is 1.96 bits per heavy atom. The third-order valence-electron chi connectivity index (χ3n) is 4.46. The highest BCUT2D eigenvalue weighted by molar-refractivity contribution is 9.10. The van der Waals surface area contributed by atoms with Gasteiger partial charge in [-0.05, 0) is 55.7 Å². The number of hydrogen-bond donors (Lipinski definition) is 2. The zero-order valence-electron chi connectivity index (χ0n) is 13.8. The first-order valence-electron chi connectivity index (χ1n) is 8.42. The average Bonchev–Trinajstić information content (AvgIpc) is 2.60. The molecule has 0 unspecified atom stereocenters. The van der Waals surface area contributed by atoms with Crippen molar-refractivity contribution in [1.82, 2.24) is 4.98 Å². The van der Waals surface area contributed by atoms with E-state index in [1.165, 1.54) is 6.42 Å². The molecule has 3 rings (SSSR count). The maximum Gasteiger partial charge on any atom is 0.227 e. The minimum Gasteiger partial charge on any atom is -0.340 e. The van der Waals surface area contributed by atoms with Crippen molar-refractivity contribution < 1.29 is 4.79 Å². The summed E-state index contributed by atoms with van der Waals surface area (Å²) in [7, 11) is 0. The minimum atomic E-state index is 0.126. The quantitative estimate of drug-likeness (QED) is 0.736. The van der Waals surface area contributed by atoms with Crippen molar-refractivity contribution in [3.05, 3.63) is 46.6 Å². The fourth-order valence-corrected chi connectivity index (χ4v) is 3.53. The Kier molecular flexibility index (Phi) is 5.51. The standard InChI is InChI=1S/C19H22BrN3O/c1-13-11-15(20)7-9-17(13)23-18-10-8-16(12-21-18)22-19(24)14-5-3-2-4-6-14/h7-12,14H,2-6H2,1H3,(H,21,23)(H,22,24). The van der Waals surface area contributed by atoms with Gasteiger partial charge < -0.3 is 10.6 Å². The molecule has 5 heteroatoms. The second-order valence-electron chi connectivity index (χ2n) is 6.34. The number of amides is 1. The van der Waals surface area contributed by atoms with Crippen molar-refractivity contribution >= 4 is 39.0 Å². The maximum absolute atomic E-state index is 12.3. The van der Waals surface area contributed by atoms with E-state index in [-0.39, 0.29) is 11.8 Å². The number of anilines is 3. The second kappa shape index (κ2) is 7.79. The molecule has 2 aromatic rings. The van der Waals surface area contributed by atoms with Crippen molar-refractivity contribution in [2.45, 2.75) is 39.0 Å². The lowest BCUT2D eigenvalue weighted by molar-refractivity contribution is -0.120. The van der Waals surface area contributed by atoms with Gasteiger partial charge in [0.15, 0.2) is 0 Å². The molecule has 0 radical (unpaired) electrons. The van der Waals surface area contributed by atoms with E-state index in [1.807, 2.05) is 31.2 Å². The summed E-state index contributed by atoms with van der Waals surface area (Å²) in [5.41, 5.74) is 2.91. The van der Waals surface area contributed by atoms with Crippen LogP contribution in [0.1, 0.15) is 37.7 Å². The summed E-state index contributed by atoms with van der Waals surface area (Å²) in [4.78, 5) is 16.7. The molecule has 24 heavy (non-hydrogen) atoms. The van der Waals surface area contributed by atoms with E-state index in [4.69, 9.17) is 0 Å². The van der Waals surface area contributed by atoms with Crippen LogP contribution in [0.25, 0.3) is 0 Å². The van der Waals surface area contributed by atoms with E-state index in [2.05, 4.69) is 37.6 Å². The van der Waals surface area contributed by atoms with Crippen LogP contribution in [0.15, 0.2) is 41.0 Å². The van der Waals surface area contributed by atoms with Gasteiger partial charge in [0.1, 0.15) is 5.82 Å². The summed E-state index contributed by atoms with van der Waals surface area (Å²) in [5.74, 6) is 1.04. The Balaban J connectivity index is 1.61. The van der Waals surface area contributed by atoms with Gasteiger partial charge in [-0.15, -0.1) is 0 Å². The van der Waals surface area contributed by atoms with Crippen LogP contribution in [0.2, 0.25) is 0 Å². The van der Waals surface area contributed by atoms with Crippen LogP contribution in [0.5, 0.6) is 0 Å². The summed E-state index contributed by atoms with van der Waals surface area (Å²) in [6.07, 6.45) is 7.28. The van der Waals surface area contributed by atoms with Crippen LogP contribution in [-0.4, -0.2) is 10.9 Å². The van der Waals surface area contributed by atoms with Crippen molar-refractivity contribution in [2.75, 3.05) is 10.6 Å². The van der Waals surface area contributed by atoms with Gasteiger partial charge in [0.05, 0.1) is 11.9 Å². The number of rotatable bonds is 4. The van der Waals surface area contributed by atoms with Gasteiger partial charge in [0.25, 0.3) is 0 Å². The number of aryl methyl sites for hydroxylation is 1. The third-order valence-corrected chi connectivity index (χ3v) is 4.95. The Labute approximate surface area is 151 Å². The van der Waals surface area contributed by atoms with Crippen LogP contribution in [-0.2, 0) is 4.79 Å². The number of carbonyl (C=O) groups excluding carboxylic acids is 1. The number of halogens is 1. The first kappa shape index (κ1) is 17.0. The number of aromatic nitrogens is 1. The first-order valence-corrected chi connectivity index (χ1v) is 9.21. The lowest BCUT2D eigenvalue weighted by atomic mass is 9.88. The largest absolute Gasteiger partial charge is 0.340 e. The molecule has 1 heterocycles. The third kappa shape index (κ3) is 4.35. The van der Waals surface area contributed by atoms with E-state index in [0.29, 0.717) is 0 Å². The fraction of sp³-hybridized carbons (Fsp3) is 0.368. The number of nitrogens with zero attached hydrogens (tertiary/aromatic N) is 1. The highest BCUT2D eigenvalue weighted by Crippen LogP contribution is 2.26. The van der Waals surface area contributed by atoms with E-state index >= 15 is 0 Å². The van der Waals surface area contributed by atoms with Crippen molar-refractivity contribution in [3.63, 3.8) is 0 Å². The van der Waals surface area contributed by atoms with E-state index in [9.17, 15) is 4.79 Å². The van der Waals surface area contributed by atoms with Crippen LogP contribution in [0.3, 0.4) is 0 Å². The molecule has 1 aliphatic rings. The zero-order chi connectivity index (χ0) is 16.9. The highest BCUT2D eigenvalue weighted by Gasteiger charge is 2.21. The second-order valence-corrected chi connectivity index (χ2v) is 7.26. The molecular formula is C19H22BrN3O. The predicted molar refractivity (Wildman–Crippen MR) is 102 cm³/mol. The SMILES string of the molecule is Cc1cc(Br)ccc1Nc1ccc(NC(=O)C2CCCCC2)cn1. The minimum absolute atomic E-state index is 0.126. The lowest BCUT2D eigenvalue weighted by Crippen LogP contribution is -2.24. The molecule has 2 N–H and O–H groups in total. The number of hydrogen-bond acceptors (Lipinski definition) is 3. The van der Waals surface area contributed by atoms with Gasteiger partial charge in [-0.1, -0.05) is 35.2 Å². The Hall–Kier alpha value is -1.88. The normalized spacial score (nSPS) is 15.1. The molecule has 1 aliphatic carbocycles. The molecule has 0 bridgehead atoms. The summed E-state index contributed by atoms with van der Waals surface area (Å²) in [6.45, 7) is 2.05. The number of pyridine rings is 1. The highest BCUT2D eigenvalue weighted by atomic mass is 79.9. The summed E-state index contributed by atoms with van der Waals surface area (Å²) >= 11 is 3.46. The molecular weight excluding hydrogens is 366 g/mol. The predicted octanol–water partition coefficient (Wildman–Crippen LogP) is 5.41. The summed E-state index contributed by atoms with van der Waals surface area (Å²) in [6, 6.07) is 9.84. The Morgan fingerprint density at radius 1 is 1.17 bits per heavy atom. The number of carbonyl (C=O) groups is 1. The molecule has 1 saturated carbocycles. The van der Waals surface area contributed by atoms with Crippen LogP contribution >= 0.6 is 15.9 Å². The van der Waals surface area contributed by atoms with Gasteiger partial charge in [-0.2, -0.15) is 0 Å². The van der Waals surface area contributed by atoms with Crippen molar-refractivity contribution in [2.24, 2.45) is 5.92 Å². The van der Waals surface area contributed by atoms with Crippen LogP contribution in [0.4, 0.5) is 17.2 Å². The van der Waals surface area contributed by atoms with Gasteiger partial charge in [0, 0.05) is 16.1 Å². The van der Waals surface area contributed by atoms with Gasteiger partial charge in [0.2, 0.25) is 5.91 Å². The van der Waals surface area contributed by atoms with Crippen molar-refractivity contribution in [1.29, 1.82) is 0 Å². The van der Waals surface area contributed by atoms with E-state index < -0.39 is 0 Å². The molecule has 0 saturated heterocycles. The summed E-state index contributed by atoms with van der Waals surface area (Å²) < 4.78 is 1.05. The molecule has 0 spiro atoms. The smallest absolute Gasteiger partial charge is 0.227 e. The van der Waals surface area contributed by atoms with Gasteiger partial charge in [-0.25, -0.2) is 4.98 Å². The molecule has 1 amide bonds. The lowest BCUT2D eigenvalue weighted by Gasteiger charge is -2.20. The number of benzene rings is 1. The molecule has 1 aromatic carbocycles. The molecule has 126 valence electrons. The monoisotopic (exact) mass is 387 g/mol. The van der Waals surface area contributed by atoms with Crippen molar-refractivity contribution in [3.8, 4) is 0 Å². The first-order chi connectivity index (χ1) is 11.6. The van der Waals surface area contributed by atoms with Crippen LogP contribution in [0, 0.1) is 12.8 Å². The van der Waals surface area contributed by atoms with E-state index in [1.54, 1.807) is 6.20 Å².